The second-order valence-corrected chi connectivity index (χ2v) is 7.19. The van der Waals surface area contributed by atoms with Crippen molar-refractivity contribution < 1.29 is 4.74 Å². The molecule has 0 saturated carbocycles. The highest BCUT2D eigenvalue weighted by Crippen LogP contribution is 2.37. The van der Waals surface area contributed by atoms with Gasteiger partial charge in [0.1, 0.15) is 5.75 Å². The molecular weight excluding hydrogens is 441 g/mol. The number of rotatable bonds is 4. The van der Waals surface area contributed by atoms with Gasteiger partial charge in [0.05, 0.1) is 13.2 Å². The minimum Gasteiger partial charge on any atom is -0.496 e. The van der Waals surface area contributed by atoms with Crippen molar-refractivity contribution in [3.8, 4) is 5.75 Å². The predicted octanol–water partition coefficient (Wildman–Crippen LogP) is 4.99. The molecule has 0 spiro atoms. The van der Waals surface area contributed by atoms with Crippen molar-refractivity contribution in [3.63, 3.8) is 0 Å². The maximum absolute atomic E-state index is 5.62. The SMILES string of the molecule is CNC(c1cc(I)ccc1Br)c1c(C)cc(C)cc1OC. The highest BCUT2D eigenvalue weighted by molar-refractivity contribution is 14.1. The highest BCUT2D eigenvalue weighted by atomic mass is 127. The summed E-state index contributed by atoms with van der Waals surface area (Å²) in [6, 6.07) is 10.8. The van der Waals surface area contributed by atoms with Gasteiger partial charge >= 0.3 is 0 Å². The average Bonchev–Trinajstić information content (AvgIpc) is 2.44. The van der Waals surface area contributed by atoms with Gasteiger partial charge in [0.2, 0.25) is 0 Å². The van der Waals surface area contributed by atoms with Crippen molar-refractivity contribution in [2.24, 2.45) is 0 Å². The maximum Gasteiger partial charge on any atom is 0.124 e. The summed E-state index contributed by atoms with van der Waals surface area (Å²) < 4.78 is 7.94. The fraction of sp³-hybridized carbons (Fsp3) is 0.294. The van der Waals surface area contributed by atoms with Gasteiger partial charge in [0.25, 0.3) is 0 Å². The third kappa shape index (κ3) is 3.60. The van der Waals surface area contributed by atoms with Gasteiger partial charge < -0.3 is 10.1 Å². The van der Waals surface area contributed by atoms with E-state index in [0.717, 1.165) is 10.2 Å². The normalized spacial score (nSPS) is 12.3. The first kappa shape index (κ1) is 16.8. The van der Waals surface area contributed by atoms with Crippen LogP contribution in [0.3, 0.4) is 0 Å². The van der Waals surface area contributed by atoms with E-state index in [9.17, 15) is 0 Å². The third-order valence-electron chi connectivity index (χ3n) is 3.56. The van der Waals surface area contributed by atoms with Crippen LogP contribution in [0, 0.1) is 17.4 Å². The van der Waals surface area contributed by atoms with Gasteiger partial charge in [-0.25, -0.2) is 0 Å². The van der Waals surface area contributed by atoms with E-state index in [1.165, 1.54) is 25.8 Å². The van der Waals surface area contributed by atoms with Crippen LogP contribution in [-0.4, -0.2) is 14.2 Å². The molecule has 1 atom stereocenters. The molecule has 2 nitrogen and oxygen atoms in total. The lowest BCUT2D eigenvalue weighted by Crippen LogP contribution is -2.20. The van der Waals surface area contributed by atoms with E-state index in [4.69, 9.17) is 4.74 Å². The second-order valence-electron chi connectivity index (χ2n) is 5.09. The molecule has 21 heavy (non-hydrogen) atoms. The summed E-state index contributed by atoms with van der Waals surface area (Å²) in [5, 5.41) is 3.42. The second kappa shape index (κ2) is 7.11. The molecule has 112 valence electrons. The summed E-state index contributed by atoms with van der Waals surface area (Å²) in [6.45, 7) is 4.23. The van der Waals surface area contributed by atoms with E-state index in [1.54, 1.807) is 7.11 Å². The van der Waals surface area contributed by atoms with Crippen LogP contribution in [0.2, 0.25) is 0 Å². The quantitative estimate of drug-likeness (QED) is 0.650. The number of halogens is 2. The zero-order chi connectivity index (χ0) is 15.6. The Morgan fingerprint density at radius 3 is 2.52 bits per heavy atom. The van der Waals surface area contributed by atoms with Crippen molar-refractivity contribution in [3.05, 3.63) is 60.6 Å². The lowest BCUT2D eigenvalue weighted by Gasteiger charge is -2.24. The number of hydrogen-bond acceptors (Lipinski definition) is 2. The number of nitrogens with one attached hydrogen (secondary N) is 1. The van der Waals surface area contributed by atoms with E-state index in [-0.39, 0.29) is 6.04 Å². The molecule has 1 N–H and O–H groups in total. The molecule has 2 rings (SSSR count). The van der Waals surface area contributed by atoms with Gasteiger partial charge in [-0.3, -0.25) is 0 Å². The molecule has 0 radical (unpaired) electrons. The van der Waals surface area contributed by atoms with Gasteiger partial charge in [-0.05, 0) is 84.4 Å². The van der Waals surface area contributed by atoms with Crippen molar-refractivity contribution in [2.75, 3.05) is 14.2 Å². The molecular formula is C17H19BrINO. The topological polar surface area (TPSA) is 21.3 Å². The van der Waals surface area contributed by atoms with E-state index in [2.05, 4.69) is 88.0 Å². The standard InChI is InChI=1S/C17H19BrINO/c1-10-7-11(2)16(15(8-10)21-4)17(20-3)13-9-12(19)5-6-14(13)18/h5-9,17,20H,1-4H3. The lowest BCUT2D eigenvalue weighted by atomic mass is 9.93. The Hall–Kier alpha value is -0.590. The fourth-order valence-electron chi connectivity index (χ4n) is 2.67. The first-order valence-corrected chi connectivity index (χ1v) is 8.62. The van der Waals surface area contributed by atoms with E-state index in [1.807, 2.05) is 7.05 Å². The molecule has 0 aromatic heterocycles. The minimum atomic E-state index is 0.0876. The maximum atomic E-state index is 5.62. The van der Waals surface area contributed by atoms with Crippen LogP contribution in [0.15, 0.2) is 34.8 Å². The van der Waals surface area contributed by atoms with E-state index in [0.29, 0.717) is 0 Å². The van der Waals surface area contributed by atoms with Crippen LogP contribution in [0.25, 0.3) is 0 Å². The van der Waals surface area contributed by atoms with Crippen molar-refractivity contribution in [2.45, 2.75) is 19.9 Å². The zero-order valence-corrected chi connectivity index (χ0v) is 16.4. The molecule has 0 fully saturated rings. The zero-order valence-electron chi connectivity index (χ0n) is 12.6. The number of aryl methyl sites for hydroxylation is 2. The van der Waals surface area contributed by atoms with Gasteiger partial charge in [0.15, 0.2) is 0 Å². The summed E-state index contributed by atoms with van der Waals surface area (Å²) >= 11 is 6.01. The lowest BCUT2D eigenvalue weighted by molar-refractivity contribution is 0.404. The summed E-state index contributed by atoms with van der Waals surface area (Å²) in [4.78, 5) is 0. The first-order chi connectivity index (χ1) is 9.97. The van der Waals surface area contributed by atoms with Gasteiger partial charge in [-0.2, -0.15) is 0 Å². The smallest absolute Gasteiger partial charge is 0.124 e. The Balaban J connectivity index is 2.64. The average molecular weight is 460 g/mol. The van der Waals surface area contributed by atoms with E-state index < -0.39 is 0 Å². The molecule has 0 saturated heterocycles. The Morgan fingerprint density at radius 1 is 1.19 bits per heavy atom. The Bertz CT molecular complexity index is 657. The molecule has 0 aliphatic carbocycles. The Labute approximate surface area is 148 Å². The van der Waals surface area contributed by atoms with E-state index >= 15 is 0 Å². The van der Waals surface area contributed by atoms with Crippen molar-refractivity contribution in [1.29, 1.82) is 0 Å². The van der Waals surface area contributed by atoms with Crippen LogP contribution < -0.4 is 10.1 Å². The Morgan fingerprint density at radius 2 is 1.90 bits per heavy atom. The number of ether oxygens (including phenoxy) is 1. The number of methoxy groups -OCH3 is 1. The Kier molecular flexibility index (Phi) is 5.68. The largest absolute Gasteiger partial charge is 0.496 e. The molecule has 0 heterocycles. The van der Waals surface area contributed by atoms with Crippen molar-refractivity contribution in [1.82, 2.24) is 5.32 Å². The highest BCUT2D eigenvalue weighted by Gasteiger charge is 2.21. The summed E-state index contributed by atoms with van der Waals surface area (Å²) in [7, 11) is 3.71. The minimum absolute atomic E-state index is 0.0876. The number of hydrogen-bond donors (Lipinski definition) is 1. The third-order valence-corrected chi connectivity index (χ3v) is 4.95. The van der Waals surface area contributed by atoms with Crippen LogP contribution in [0.5, 0.6) is 5.75 Å². The molecule has 2 aromatic carbocycles. The molecule has 4 heteroatoms. The van der Waals surface area contributed by atoms with Crippen LogP contribution in [-0.2, 0) is 0 Å². The monoisotopic (exact) mass is 459 g/mol. The molecule has 2 aromatic rings. The molecule has 0 amide bonds. The molecule has 0 aliphatic rings. The first-order valence-electron chi connectivity index (χ1n) is 6.75. The summed E-state index contributed by atoms with van der Waals surface area (Å²) in [5.74, 6) is 0.928. The molecule has 0 bridgehead atoms. The van der Waals surface area contributed by atoms with Gasteiger partial charge in [-0.15, -0.1) is 0 Å². The summed E-state index contributed by atoms with van der Waals surface area (Å²) in [6.07, 6.45) is 0. The fourth-order valence-corrected chi connectivity index (χ4v) is 3.66. The van der Waals surface area contributed by atoms with Gasteiger partial charge in [-0.1, -0.05) is 22.0 Å². The van der Waals surface area contributed by atoms with Crippen LogP contribution >= 0.6 is 38.5 Å². The predicted molar refractivity (Wildman–Crippen MR) is 100 cm³/mol. The van der Waals surface area contributed by atoms with Crippen molar-refractivity contribution >= 4 is 38.5 Å². The number of benzene rings is 2. The van der Waals surface area contributed by atoms with Gasteiger partial charge in [0, 0.05) is 13.6 Å². The summed E-state index contributed by atoms with van der Waals surface area (Å²) in [5.41, 5.74) is 4.85. The van der Waals surface area contributed by atoms with Crippen LogP contribution in [0.1, 0.15) is 28.3 Å². The molecule has 0 aliphatic heterocycles. The molecule has 1 unspecified atom stereocenters. The van der Waals surface area contributed by atoms with Crippen LogP contribution in [0.4, 0.5) is 0 Å².